The lowest BCUT2D eigenvalue weighted by molar-refractivity contribution is -0.0999. The highest BCUT2D eigenvalue weighted by atomic mass is 32.2. The van der Waals surface area contributed by atoms with Gasteiger partial charge in [0.2, 0.25) is 5.96 Å². The molecule has 2 heterocycles. The topological polar surface area (TPSA) is 106 Å². The highest BCUT2D eigenvalue weighted by Gasteiger charge is 2.44. The van der Waals surface area contributed by atoms with Gasteiger partial charge in [-0.1, -0.05) is 0 Å². The number of hydrogen-bond acceptors (Lipinski definition) is 6. The molecular formula is C19H23F3N5O3S+. The van der Waals surface area contributed by atoms with Gasteiger partial charge in [-0.2, -0.15) is 22.5 Å². The molecule has 2 atom stereocenters. The van der Waals surface area contributed by atoms with Crippen molar-refractivity contribution < 1.29 is 27.0 Å². The average molecular weight is 458 g/mol. The lowest BCUT2D eigenvalue weighted by Gasteiger charge is -2.35. The Morgan fingerprint density at radius 1 is 1.26 bits per heavy atom. The monoisotopic (exact) mass is 458 g/mol. The second kappa shape index (κ2) is 8.44. The molecule has 1 aromatic carbocycles. The average Bonchev–Trinajstić information content (AvgIpc) is 3.08. The largest absolute Gasteiger partial charge is 0.416 e. The number of guanidine groups is 1. The number of nitrogens with zero attached hydrogens (tertiary/aromatic N) is 4. The van der Waals surface area contributed by atoms with E-state index in [1.165, 1.54) is 41.2 Å². The van der Waals surface area contributed by atoms with Crippen LogP contribution in [0.1, 0.15) is 25.5 Å². The summed E-state index contributed by atoms with van der Waals surface area (Å²) in [6.07, 6.45) is -1.01. The number of hydrogen-bond donors (Lipinski definition) is 2. The molecule has 1 aliphatic heterocycles. The Hall–Kier alpha value is -2.70. The van der Waals surface area contributed by atoms with Crippen molar-refractivity contribution in [2.24, 2.45) is 4.99 Å². The summed E-state index contributed by atoms with van der Waals surface area (Å²) in [5, 5.41) is 17.0. The molecule has 168 valence electrons. The first-order valence-electron chi connectivity index (χ1n) is 9.18. The molecule has 0 saturated carbocycles. The zero-order chi connectivity index (χ0) is 23.0. The van der Waals surface area contributed by atoms with Crippen LogP contribution in [-0.2, 0) is 17.6 Å². The number of alkyl halides is 3. The highest BCUT2D eigenvalue weighted by molar-refractivity contribution is 7.79. The van der Waals surface area contributed by atoms with Gasteiger partial charge in [-0.25, -0.2) is 4.99 Å². The SMILES string of the molecule is CN1C(Nc2ccc(S(=O)[OH2+])cc2)=NC=C(C(F)(F)F)C1c1cnn(CC(C)(C)O)c1. The Balaban J connectivity index is 1.91. The van der Waals surface area contributed by atoms with Crippen molar-refractivity contribution in [3.05, 3.63) is 54.0 Å². The minimum absolute atomic E-state index is 0.122. The number of rotatable bonds is 5. The van der Waals surface area contributed by atoms with E-state index in [-0.39, 0.29) is 12.5 Å². The number of benzene rings is 1. The van der Waals surface area contributed by atoms with Crippen molar-refractivity contribution in [3.63, 3.8) is 0 Å². The van der Waals surface area contributed by atoms with Crippen molar-refractivity contribution in [1.29, 1.82) is 0 Å². The summed E-state index contributed by atoms with van der Waals surface area (Å²) in [6.45, 7) is 3.29. The van der Waals surface area contributed by atoms with Gasteiger partial charge in [0.15, 0.2) is 0 Å². The molecule has 0 fully saturated rings. The molecular weight excluding hydrogens is 435 g/mol. The third kappa shape index (κ3) is 5.51. The number of likely N-dealkylation sites (N-methyl/N-ethyl adjacent to an activating group) is 1. The molecule has 0 aliphatic carbocycles. The van der Waals surface area contributed by atoms with E-state index in [4.69, 9.17) is 4.55 Å². The van der Waals surface area contributed by atoms with Gasteiger partial charge in [0.25, 0.3) is 0 Å². The fourth-order valence-corrected chi connectivity index (χ4v) is 3.55. The maximum Gasteiger partial charge on any atom is 0.416 e. The van der Waals surface area contributed by atoms with E-state index in [2.05, 4.69) is 15.4 Å². The van der Waals surface area contributed by atoms with Gasteiger partial charge in [0.05, 0.1) is 30.0 Å². The van der Waals surface area contributed by atoms with E-state index in [1.54, 1.807) is 26.0 Å². The van der Waals surface area contributed by atoms with Gasteiger partial charge >= 0.3 is 17.3 Å². The summed E-state index contributed by atoms with van der Waals surface area (Å²) in [4.78, 5) is 5.60. The van der Waals surface area contributed by atoms with Crippen molar-refractivity contribution in [3.8, 4) is 0 Å². The number of aromatic nitrogens is 2. The van der Waals surface area contributed by atoms with Gasteiger partial charge in [-0.05, 0) is 38.1 Å². The lowest BCUT2D eigenvalue weighted by atomic mass is 9.99. The van der Waals surface area contributed by atoms with Crippen LogP contribution in [0.15, 0.2) is 58.3 Å². The molecule has 0 amide bonds. The third-order valence-corrected chi connectivity index (χ3v) is 5.21. The number of aliphatic hydroxyl groups is 1. The standard InChI is InChI=1S/C19H22F3N5O3S/c1-18(2,28)11-27-10-12(8-24-27)16-15(19(20,21)22)9-23-17(26(16)3)25-13-4-6-14(7-5-13)31(29)30/h4-10,16,28H,11H2,1-3H3,(H,23,25)(H,29,30)/p+1. The first-order valence-corrected chi connectivity index (χ1v) is 10.3. The predicted octanol–water partition coefficient (Wildman–Crippen LogP) is 2.30. The van der Waals surface area contributed by atoms with Crippen LogP contribution in [0.2, 0.25) is 0 Å². The van der Waals surface area contributed by atoms with Crippen LogP contribution < -0.4 is 5.32 Å². The molecule has 0 saturated heterocycles. The van der Waals surface area contributed by atoms with Crippen molar-refractivity contribution in [2.45, 2.75) is 43.1 Å². The molecule has 0 spiro atoms. The van der Waals surface area contributed by atoms with Crippen molar-refractivity contribution in [2.75, 3.05) is 12.4 Å². The quantitative estimate of drug-likeness (QED) is 0.669. The van der Waals surface area contributed by atoms with Crippen LogP contribution in [0.3, 0.4) is 0 Å². The smallest absolute Gasteiger partial charge is 0.389 e. The third-order valence-electron chi connectivity index (χ3n) is 4.51. The number of aliphatic imine (C=N–C) groups is 1. The second-order valence-corrected chi connectivity index (χ2v) is 8.76. The maximum absolute atomic E-state index is 13.7. The molecule has 2 aromatic rings. The van der Waals surface area contributed by atoms with Gasteiger partial charge in [-0.3, -0.25) is 4.68 Å². The zero-order valence-electron chi connectivity index (χ0n) is 17.0. The number of nitrogens with one attached hydrogen (secondary N) is 1. The van der Waals surface area contributed by atoms with Gasteiger partial charge in [0, 0.05) is 30.7 Å². The molecule has 8 nitrogen and oxygen atoms in total. The normalized spacial score (nSPS) is 18.5. The fourth-order valence-electron chi connectivity index (χ4n) is 3.17. The Labute approximate surface area is 179 Å². The van der Waals surface area contributed by atoms with Crippen LogP contribution in [0.4, 0.5) is 18.9 Å². The highest BCUT2D eigenvalue weighted by Crippen LogP contribution is 2.40. The molecule has 0 radical (unpaired) electrons. The summed E-state index contributed by atoms with van der Waals surface area (Å²) in [5.41, 5.74) is -1.11. The summed E-state index contributed by atoms with van der Waals surface area (Å²) in [6, 6.07) is 4.92. The van der Waals surface area contributed by atoms with E-state index in [1.807, 2.05) is 0 Å². The molecule has 2 unspecified atom stereocenters. The summed E-state index contributed by atoms with van der Waals surface area (Å²) in [7, 11) is 1.48. The first kappa shape index (κ1) is 23.0. The summed E-state index contributed by atoms with van der Waals surface area (Å²) in [5.74, 6) is 0.174. The number of anilines is 1. The van der Waals surface area contributed by atoms with E-state index < -0.39 is 34.5 Å². The van der Waals surface area contributed by atoms with E-state index in [0.29, 0.717) is 16.1 Å². The second-order valence-electron chi connectivity index (χ2n) is 7.75. The van der Waals surface area contributed by atoms with E-state index in [9.17, 15) is 22.5 Å². The molecule has 31 heavy (non-hydrogen) atoms. The van der Waals surface area contributed by atoms with E-state index in [0.717, 1.165) is 6.20 Å². The lowest BCUT2D eigenvalue weighted by Crippen LogP contribution is -2.41. The van der Waals surface area contributed by atoms with Gasteiger partial charge in [-0.15, -0.1) is 0 Å². The van der Waals surface area contributed by atoms with Crippen molar-refractivity contribution >= 4 is 22.7 Å². The minimum Gasteiger partial charge on any atom is -0.389 e. The minimum atomic E-state index is -4.61. The van der Waals surface area contributed by atoms with Crippen LogP contribution >= 0.6 is 0 Å². The summed E-state index contributed by atoms with van der Waals surface area (Å²) < 4.78 is 60.9. The number of halogens is 3. The fraction of sp³-hybridized carbons (Fsp3) is 0.368. The molecule has 0 bridgehead atoms. The Bertz CT molecular complexity index is 1030. The van der Waals surface area contributed by atoms with Gasteiger partial charge in [0.1, 0.15) is 4.90 Å². The van der Waals surface area contributed by atoms with Crippen LogP contribution in [0, 0.1) is 0 Å². The first-order chi connectivity index (χ1) is 14.3. The molecule has 3 rings (SSSR count). The molecule has 1 aliphatic rings. The zero-order valence-corrected chi connectivity index (χ0v) is 17.8. The summed E-state index contributed by atoms with van der Waals surface area (Å²) >= 11 is -1.88. The Morgan fingerprint density at radius 2 is 1.90 bits per heavy atom. The van der Waals surface area contributed by atoms with Gasteiger partial charge < -0.3 is 19.9 Å². The predicted molar refractivity (Wildman–Crippen MR) is 111 cm³/mol. The van der Waals surface area contributed by atoms with Crippen LogP contribution in [-0.4, -0.2) is 53.3 Å². The van der Waals surface area contributed by atoms with Crippen LogP contribution in [0.5, 0.6) is 0 Å². The molecule has 1 aromatic heterocycles. The molecule has 12 heteroatoms. The van der Waals surface area contributed by atoms with E-state index >= 15 is 0 Å². The van der Waals surface area contributed by atoms with Crippen molar-refractivity contribution in [1.82, 2.24) is 14.7 Å². The molecule has 4 N–H and O–H groups in total. The Kier molecular flexibility index (Phi) is 6.25. The van der Waals surface area contributed by atoms with Crippen LogP contribution in [0.25, 0.3) is 0 Å². The maximum atomic E-state index is 13.7. The Morgan fingerprint density at radius 3 is 2.45 bits per heavy atom.